The fourth-order valence-corrected chi connectivity index (χ4v) is 7.05. The van der Waals surface area contributed by atoms with E-state index in [-0.39, 0.29) is 6.23 Å². The molecule has 0 bridgehead atoms. The summed E-state index contributed by atoms with van der Waals surface area (Å²) in [7, 11) is 0. The Hall–Kier alpha value is -6.00. The van der Waals surface area contributed by atoms with Gasteiger partial charge in [-0.1, -0.05) is 91.0 Å². The van der Waals surface area contributed by atoms with Crippen LogP contribution in [-0.4, -0.2) is 4.57 Å². The van der Waals surface area contributed by atoms with Gasteiger partial charge in [-0.3, -0.25) is 0 Å². The average Bonchev–Trinajstić information content (AvgIpc) is 3.79. The summed E-state index contributed by atoms with van der Waals surface area (Å²) >= 11 is 0. The molecule has 1 unspecified atom stereocenters. The molecule has 0 radical (unpaired) electrons. The molecule has 0 fully saturated rings. The zero-order valence-corrected chi connectivity index (χ0v) is 24.2. The zero-order chi connectivity index (χ0) is 29.5. The fourth-order valence-electron chi connectivity index (χ4n) is 7.05. The third-order valence-corrected chi connectivity index (χ3v) is 9.21. The number of furan rings is 1. The SMILES string of the molecule is c1ccc(-c2ccc3c(c2)oc2ccc4c(c23)OC(c2ccc(-n3c5ccccc5c5cc6ccccc6cc53)cc2)N4)cc1. The largest absolute Gasteiger partial charge is 0.464 e. The number of rotatable bonds is 3. The van der Waals surface area contributed by atoms with Gasteiger partial charge >= 0.3 is 0 Å². The second-order valence-electron chi connectivity index (χ2n) is 11.8. The zero-order valence-electron chi connectivity index (χ0n) is 24.2. The quantitative estimate of drug-likeness (QED) is 0.227. The summed E-state index contributed by atoms with van der Waals surface area (Å²) in [6, 6.07) is 51.4. The first-order valence-corrected chi connectivity index (χ1v) is 15.3. The number of benzene rings is 7. The van der Waals surface area contributed by atoms with Crippen LogP contribution in [0.25, 0.3) is 71.3 Å². The van der Waals surface area contributed by atoms with E-state index in [2.05, 4.69) is 143 Å². The standard InChI is InChI=1S/C41H26N2O2/c1-2-8-25(9-3-1)29-16-19-32-38(24-29)44-37-21-20-34-40(39(32)37)45-41(42-34)26-14-17-30(18-15-26)43-35-13-7-6-12-31(35)33-22-27-10-4-5-11-28(27)23-36(33)43/h1-24,41-42H. The lowest BCUT2D eigenvalue weighted by atomic mass is 10.0. The number of nitrogens with one attached hydrogen (secondary N) is 1. The van der Waals surface area contributed by atoms with Crippen LogP contribution in [0, 0.1) is 0 Å². The molecule has 45 heavy (non-hydrogen) atoms. The second-order valence-corrected chi connectivity index (χ2v) is 11.8. The summed E-state index contributed by atoms with van der Waals surface area (Å²) in [4.78, 5) is 0. The normalized spacial score (nSPS) is 14.4. The maximum absolute atomic E-state index is 6.63. The summed E-state index contributed by atoms with van der Waals surface area (Å²) in [6.07, 6.45) is -0.296. The van der Waals surface area contributed by atoms with Gasteiger partial charge in [0.15, 0.2) is 12.0 Å². The van der Waals surface area contributed by atoms with Crippen molar-refractivity contribution in [3.8, 4) is 22.6 Å². The average molecular weight is 579 g/mol. The van der Waals surface area contributed by atoms with E-state index in [1.54, 1.807) is 0 Å². The molecule has 2 aromatic heterocycles. The Morgan fingerprint density at radius 2 is 1.31 bits per heavy atom. The van der Waals surface area contributed by atoms with Gasteiger partial charge in [-0.25, -0.2) is 0 Å². The van der Waals surface area contributed by atoms with Gasteiger partial charge in [0, 0.05) is 27.4 Å². The highest BCUT2D eigenvalue weighted by atomic mass is 16.5. The number of fused-ring (bicyclic) bond motifs is 9. The first kappa shape index (κ1) is 24.4. The highest BCUT2D eigenvalue weighted by Crippen LogP contribution is 2.47. The molecular weight excluding hydrogens is 552 g/mol. The predicted molar refractivity (Wildman–Crippen MR) is 184 cm³/mol. The lowest BCUT2D eigenvalue weighted by molar-refractivity contribution is 0.263. The van der Waals surface area contributed by atoms with Crippen molar-refractivity contribution in [2.45, 2.75) is 6.23 Å². The maximum atomic E-state index is 6.63. The molecule has 1 aliphatic rings. The molecule has 7 aromatic carbocycles. The van der Waals surface area contributed by atoms with Gasteiger partial charge in [0.05, 0.1) is 22.1 Å². The van der Waals surface area contributed by atoms with E-state index in [0.717, 1.165) is 50.2 Å². The Labute approximate surface area is 258 Å². The van der Waals surface area contributed by atoms with Gasteiger partial charge in [0.25, 0.3) is 0 Å². The van der Waals surface area contributed by atoms with Crippen molar-refractivity contribution in [1.82, 2.24) is 4.57 Å². The summed E-state index contributed by atoms with van der Waals surface area (Å²) in [5.74, 6) is 0.835. The predicted octanol–water partition coefficient (Wildman–Crippen LogP) is 11.0. The molecule has 10 rings (SSSR count). The van der Waals surface area contributed by atoms with Gasteiger partial charge in [-0.15, -0.1) is 0 Å². The van der Waals surface area contributed by atoms with Crippen LogP contribution >= 0.6 is 0 Å². The molecule has 3 heterocycles. The molecule has 0 saturated carbocycles. The van der Waals surface area contributed by atoms with Crippen LogP contribution < -0.4 is 10.1 Å². The first-order chi connectivity index (χ1) is 22.3. The van der Waals surface area contributed by atoms with Gasteiger partial charge < -0.3 is 19.0 Å². The van der Waals surface area contributed by atoms with Crippen molar-refractivity contribution >= 4 is 60.2 Å². The van der Waals surface area contributed by atoms with E-state index >= 15 is 0 Å². The molecule has 1 N–H and O–H groups in total. The summed E-state index contributed by atoms with van der Waals surface area (Å²) < 4.78 is 15.3. The van der Waals surface area contributed by atoms with Gasteiger partial charge in [0.1, 0.15) is 11.2 Å². The summed E-state index contributed by atoms with van der Waals surface area (Å²) in [5.41, 5.74) is 9.54. The monoisotopic (exact) mass is 578 g/mol. The molecule has 0 saturated heterocycles. The third-order valence-electron chi connectivity index (χ3n) is 9.21. The number of aromatic nitrogens is 1. The minimum atomic E-state index is -0.296. The number of para-hydroxylation sites is 1. The van der Waals surface area contributed by atoms with Crippen LogP contribution in [0.4, 0.5) is 5.69 Å². The highest BCUT2D eigenvalue weighted by molar-refractivity contribution is 6.14. The minimum absolute atomic E-state index is 0.296. The number of hydrogen-bond acceptors (Lipinski definition) is 3. The molecule has 0 spiro atoms. The van der Waals surface area contributed by atoms with Gasteiger partial charge in [-0.2, -0.15) is 0 Å². The lowest BCUT2D eigenvalue weighted by Crippen LogP contribution is -2.10. The lowest BCUT2D eigenvalue weighted by Gasteiger charge is -2.14. The molecule has 212 valence electrons. The topological polar surface area (TPSA) is 39.3 Å². The van der Waals surface area contributed by atoms with E-state index in [4.69, 9.17) is 9.15 Å². The van der Waals surface area contributed by atoms with Crippen molar-refractivity contribution in [1.29, 1.82) is 0 Å². The molecule has 1 aliphatic heterocycles. The van der Waals surface area contributed by atoms with E-state index in [9.17, 15) is 0 Å². The van der Waals surface area contributed by atoms with Crippen molar-refractivity contribution in [2.24, 2.45) is 0 Å². The first-order valence-electron chi connectivity index (χ1n) is 15.3. The molecule has 4 nitrogen and oxygen atoms in total. The van der Waals surface area contributed by atoms with E-state index in [1.165, 1.54) is 38.1 Å². The van der Waals surface area contributed by atoms with Crippen LogP contribution in [0.15, 0.2) is 150 Å². The molecule has 1 atom stereocenters. The molecule has 4 heteroatoms. The van der Waals surface area contributed by atoms with Crippen LogP contribution in [0.1, 0.15) is 11.8 Å². The van der Waals surface area contributed by atoms with E-state index in [1.807, 2.05) is 12.1 Å². The number of hydrogen-bond donors (Lipinski definition) is 1. The van der Waals surface area contributed by atoms with Crippen molar-refractivity contribution in [3.05, 3.63) is 151 Å². The Morgan fingerprint density at radius 1 is 0.533 bits per heavy atom. The van der Waals surface area contributed by atoms with E-state index < -0.39 is 0 Å². The number of ether oxygens (including phenoxy) is 1. The van der Waals surface area contributed by atoms with Gasteiger partial charge in [0.2, 0.25) is 0 Å². The third kappa shape index (κ3) is 3.66. The van der Waals surface area contributed by atoms with Crippen molar-refractivity contribution in [2.75, 3.05) is 5.32 Å². The van der Waals surface area contributed by atoms with Crippen molar-refractivity contribution < 1.29 is 9.15 Å². The van der Waals surface area contributed by atoms with Crippen LogP contribution in [0.5, 0.6) is 5.75 Å². The Kier molecular flexibility index (Phi) is 5.02. The summed E-state index contributed by atoms with van der Waals surface area (Å²) in [5, 5.41) is 10.7. The second kappa shape index (κ2) is 9.25. The van der Waals surface area contributed by atoms with Crippen LogP contribution in [0.3, 0.4) is 0 Å². The highest BCUT2D eigenvalue weighted by Gasteiger charge is 2.28. The van der Waals surface area contributed by atoms with E-state index in [0.29, 0.717) is 0 Å². The van der Waals surface area contributed by atoms with Crippen LogP contribution in [0.2, 0.25) is 0 Å². The Morgan fingerprint density at radius 3 is 2.18 bits per heavy atom. The maximum Gasteiger partial charge on any atom is 0.196 e. The smallest absolute Gasteiger partial charge is 0.196 e. The number of nitrogens with zero attached hydrogens (tertiary/aromatic N) is 1. The molecule has 0 amide bonds. The van der Waals surface area contributed by atoms with Crippen molar-refractivity contribution in [3.63, 3.8) is 0 Å². The molecule has 9 aromatic rings. The minimum Gasteiger partial charge on any atom is -0.464 e. The Balaban J connectivity index is 1.03. The summed E-state index contributed by atoms with van der Waals surface area (Å²) in [6.45, 7) is 0. The number of anilines is 1. The molecular formula is C41H26N2O2. The van der Waals surface area contributed by atoms with Gasteiger partial charge in [-0.05, 0) is 76.5 Å². The fraction of sp³-hybridized carbons (Fsp3) is 0.0244. The Bertz CT molecular complexity index is 2590. The van der Waals surface area contributed by atoms with Crippen LogP contribution in [-0.2, 0) is 0 Å². The molecule has 0 aliphatic carbocycles.